The van der Waals surface area contributed by atoms with Crippen molar-refractivity contribution in [2.24, 2.45) is 17.8 Å². The Morgan fingerprint density at radius 2 is 1.44 bits per heavy atom. The Kier molecular flexibility index (Phi) is 12.0. The number of nitrogens with one attached hydrogen (secondary N) is 3. The van der Waals surface area contributed by atoms with Gasteiger partial charge in [-0.25, -0.2) is 19.6 Å². The van der Waals surface area contributed by atoms with E-state index in [9.17, 15) is 19.2 Å². The molecule has 0 radical (unpaired) electrons. The highest BCUT2D eigenvalue weighted by molar-refractivity contribution is 5.87. The van der Waals surface area contributed by atoms with Gasteiger partial charge in [-0.05, 0) is 92.6 Å². The zero-order chi connectivity index (χ0) is 40.4. The van der Waals surface area contributed by atoms with E-state index in [1.54, 1.807) is 0 Å². The highest BCUT2D eigenvalue weighted by Crippen LogP contribution is 2.55. The SMILES string of the molecule is COC(=O)N[C@H](C(=O)N1CCC[C@H]1c1ncc(-c2ccc(C3CCC4(c5coc([C@@H]6CCCN6C(=O)[C@@H](NC(=O)OC)C(C)C)n5)CCCC3C4)cc2)[nH]1)C(C)C. The van der Waals surface area contributed by atoms with Crippen molar-refractivity contribution in [1.29, 1.82) is 0 Å². The van der Waals surface area contributed by atoms with E-state index in [4.69, 9.17) is 23.9 Å². The van der Waals surface area contributed by atoms with Gasteiger partial charge in [0.25, 0.3) is 0 Å². The third-order valence-corrected chi connectivity index (χ3v) is 13.2. The molecular weight excluding hydrogens is 727 g/mol. The predicted octanol–water partition coefficient (Wildman–Crippen LogP) is 7.16. The number of carbonyl (C=O) groups is 4. The van der Waals surface area contributed by atoms with Gasteiger partial charge in [0.1, 0.15) is 30.2 Å². The second-order valence-electron chi connectivity index (χ2n) is 17.3. The monoisotopic (exact) mass is 785 g/mol. The molecule has 3 N–H and O–H groups in total. The number of likely N-dealkylation sites (tertiary alicyclic amines) is 2. The number of imidazole rings is 1. The van der Waals surface area contributed by atoms with Crippen LogP contribution in [0.1, 0.15) is 133 Å². The third kappa shape index (κ3) is 8.14. The third-order valence-electron chi connectivity index (χ3n) is 13.2. The van der Waals surface area contributed by atoms with Gasteiger partial charge in [0.15, 0.2) is 0 Å². The number of hydrogen-bond donors (Lipinski definition) is 3. The van der Waals surface area contributed by atoms with Gasteiger partial charge in [-0.15, -0.1) is 0 Å². The Morgan fingerprint density at radius 3 is 2.05 bits per heavy atom. The molecule has 0 spiro atoms. The van der Waals surface area contributed by atoms with Crippen LogP contribution in [0.5, 0.6) is 0 Å². The zero-order valence-electron chi connectivity index (χ0n) is 34.2. The van der Waals surface area contributed by atoms with Gasteiger partial charge < -0.3 is 39.3 Å². The topological polar surface area (TPSA) is 172 Å². The number of hydrogen-bond acceptors (Lipinski definition) is 9. The normalized spacial score (nSPS) is 25.7. The predicted molar refractivity (Wildman–Crippen MR) is 212 cm³/mol. The summed E-state index contributed by atoms with van der Waals surface area (Å²) in [7, 11) is 2.60. The van der Waals surface area contributed by atoms with E-state index in [1.165, 1.54) is 26.2 Å². The fraction of sp³-hybridized carbons (Fsp3) is 0.628. The summed E-state index contributed by atoms with van der Waals surface area (Å²) in [5.41, 5.74) is 4.29. The molecule has 4 aliphatic rings. The summed E-state index contributed by atoms with van der Waals surface area (Å²) in [6.45, 7) is 8.87. The first-order valence-corrected chi connectivity index (χ1v) is 20.8. The highest BCUT2D eigenvalue weighted by Gasteiger charge is 2.47. The molecule has 3 unspecified atom stereocenters. The van der Waals surface area contributed by atoms with Crippen molar-refractivity contribution in [2.45, 2.75) is 127 Å². The number of methoxy groups -OCH3 is 2. The molecule has 14 nitrogen and oxygen atoms in total. The van der Waals surface area contributed by atoms with Crippen LogP contribution >= 0.6 is 0 Å². The molecule has 1 aromatic carbocycles. The van der Waals surface area contributed by atoms with E-state index in [1.807, 2.05) is 50.0 Å². The molecule has 2 bridgehead atoms. The van der Waals surface area contributed by atoms with Crippen molar-refractivity contribution in [2.75, 3.05) is 27.3 Å². The van der Waals surface area contributed by atoms with Gasteiger partial charge in [0.05, 0.1) is 37.8 Å². The highest BCUT2D eigenvalue weighted by atomic mass is 16.5. The van der Waals surface area contributed by atoms with Gasteiger partial charge in [-0.2, -0.15) is 0 Å². The molecule has 2 aliphatic heterocycles. The smallest absolute Gasteiger partial charge is 0.407 e. The minimum absolute atomic E-state index is 0.0339. The lowest BCUT2D eigenvalue weighted by molar-refractivity contribution is -0.136. The molecule has 4 heterocycles. The van der Waals surface area contributed by atoms with Gasteiger partial charge in [-0.3, -0.25) is 9.59 Å². The molecule has 57 heavy (non-hydrogen) atoms. The fourth-order valence-electron chi connectivity index (χ4n) is 10.1. The zero-order valence-corrected chi connectivity index (χ0v) is 34.2. The molecule has 2 saturated carbocycles. The molecule has 3 aromatic rings. The van der Waals surface area contributed by atoms with Crippen LogP contribution in [0.4, 0.5) is 9.59 Å². The molecule has 308 valence electrons. The molecule has 14 heteroatoms. The summed E-state index contributed by atoms with van der Waals surface area (Å²) < 4.78 is 15.8. The number of nitrogens with zero attached hydrogens (tertiary/aromatic N) is 4. The molecule has 2 saturated heterocycles. The largest absolute Gasteiger partial charge is 0.453 e. The van der Waals surface area contributed by atoms with Crippen molar-refractivity contribution in [3.8, 4) is 11.3 Å². The number of oxazole rings is 1. The van der Waals surface area contributed by atoms with Crippen molar-refractivity contribution in [1.82, 2.24) is 35.4 Å². The van der Waals surface area contributed by atoms with Crippen LogP contribution in [0, 0.1) is 17.8 Å². The summed E-state index contributed by atoms with van der Waals surface area (Å²) in [5.74, 6) is 1.89. The van der Waals surface area contributed by atoms with Crippen molar-refractivity contribution < 1.29 is 33.1 Å². The molecule has 2 aromatic heterocycles. The van der Waals surface area contributed by atoms with E-state index < -0.39 is 24.3 Å². The second-order valence-corrected chi connectivity index (χ2v) is 17.3. The number of H-pyrrole nitrogens is 1. The number of ether oxygens (including phenoxy) is 2. The quantitative estimate of drug-likeness (QED) is 0.182. The van der Waals surface area contributed by atoms with Crippen LogP contribution in [0.25, 0.3) is 11.3 Å². The molecule has 4 amide bonds. The first kappa shape index (κ1) is 40.3. The number of carbonyl (C=O) groups excluding carboxylic acids is 4. The Morgan fingerprint density at radius 1 is 0.825 bits per heavy atom. The summed E-state index contributed by atoms with van der Waals surface area (Å²) >= 11 is 0. The molecule has 7 atom stereocenters. The molecule has 4 fully saturated rings. The standard InChI is InChI=1S/C43H59N7O7/c1-25(2)35(47-41(53)55-5)39(51)49-20-8-11-32(49)37-44-23-31(45-37)28-15-13-27(14-16-28)30-17-19-43(18-7-10-29(30)22-43)34-24-57-38(46-34)33-12-9-21-50(33)40(52)36(26(3)4)48-42(54)56-6/h13-16,23-26,29-30,32-33,35-36H,7-12,17-22H2,1-6H3,(H,44,45)(H,47,53)(H,48,54)/t29?,30?,32-,33-,35-,36-,43?/m0/s1. The molecule has 7 rings (SSSR count). The van der Waals surface area contributed by atoms with E-state index >= 15 is 0 Å². The number of amides is 4. The van der Waals surface area contributed by atoms with E-state index in [2.05, 4.69) is 39.9 Å². The maximum atomic E-state index is 13.7. The van der Waals surface area contributed by atoms with Gasteiger partial charge in [0, 0.05) is 18.5 Å². The van der Waals surface area contributed by atoms with Crippen LogP contribution in [0.15, 0.2) is 41.1 Å². The van der Waals surface area contributed by atoms with E-state index in [0.29, 0.717) is 30.8 Å². The number of aromatic nitrogens is 3. The first-order chi connectivity index (χ1) is 27.4. The Hall–Kier alpha value is -4.88. The molecule has 2 aliphatic carbocycles. The number of aromatic amines is 1. The van der Waals surface area contributed by atoms with Gasteiger partial charge in [-0.1, -0.05) is 58.4 Å². The maximum Gasteiger partial charge on any atom is 0.407 e. The summed E-state index contributed by atoms with van der Waals surface area (Å²) in [6.07, 6.45) is 12.3. The number of fused-ring (bicyclic) bond motifs is 2. The maximum absolute atomic E-state index is 13.7. The fourth-order valence-corrected chi connectivity index (χ4v) is 10.1. The lowest BCUT2D eigenvalue weighted by atomic mass is 9.56. The van der Waals surface area contributed by atoms with E-state index in [0.717, 1.165) is 80.6 Å². The van der Waals surface area contributed by atoms with Gasteiger partial charge in [0.2, 0.25) is 17.7 Å². The molecular formula is C43H59N7O7. The van der Waals surface area contributed by atoms with Crippen molar-refractivity contribution in [3.63, 3.8) is 0 Å². The van der Waals surface area contributed by atoms with Crippen LogP contribution in [0.2, 0.25) is 0 Å². The Bertz CT molecular complexity index is 1910. The summed E-state index contributed by atoms with van der Waals surface area (Å²) in [4.78, 5) is 68.3. The summed E-state index contributed by atoms with van der Waals surface area (Å²) in [6, 6.07) is 7.07. The lowest BCUT2D eigenvalue weighted by Gasteiger charge is -2.48. The average Bonchev–Trinajstić information content (AvgIpc) is 4.05. The minimum atomic E-state index is -0.687. The second kappa shape index (κ2) is 16.9. The minimum Gasteiger partial charge on any atom is -0.453 e. The Labute approximate surface area is 335 Å². The first-order valence-electron chi connectivity index (χ1n) is 20.8. The van der Waals surface area contributed by atoms with Crippen LogP contribution in [-0.2, 0) is 24.5 Å². The lowest BCUT2D eigenvalue weighted by Crippen LogP contribution is -2.51. The van der Waals surface area contributed by atoms with Crippen LogP contribution in [0.3, 0.4) is 0 Å². The van der Waals surface area contributed by atoms with Gasteiger partial charge >= 0.3 is 12.2 Å². The number of benzene rings is 1. The summed E-state index contributed by atoms with van der Waals surface area (Å²) in [5, 5.41) is 5.44. The van der Waals surface area contributed by atoms with Crippen LogP contribution < -0.4 is 10.6 Å². The van der Waals surface area contributed by atoms with Crippen molar-refractivity contribution >= 4 is 24.0 Å². The number of alkyl carbamates (subject to hydrolysis) is 2. The van der Waals surface area contributed by atoms with Crippen LogP contribution in [-0.4, -0.2) is 88.1 Å². The number of rotatable bonds is 11. The Balaban J connectivity index is 1.00. The average molecular weight is 786 g/mol. The van der Waals surface area contributed by atoms with E-state index in [-0.39, 0.29) is 41.1 Å². The van der Waals surface area contributed by atoms with Crippen molar-refractivity contribution in [3.05, 3.63) is 59.7 Å².